The molecule has 0 radical (unpaired) electrons. The van der Waals surface area contributed by atoms with Gasteiger partial charge in [0.1, 0.15) is 11.6 Å². The van der Waals surface area contributed by atoms with Gasteiger partial charge in [-0.3, -0.25) is 9.59 Å². The third-order valence-corrected chi connectivity index (χ3v) is 11.1. The van der Waals surface area contributed by atoms with Gasteiger partial charge in [0.15, 0.2) is 11.2 Å². The van der Waals surface area contributed by atoms with Crippen LogP contribution in [0.1, 0.15) is 56.3 Å². The van der Waals surface area contributed by atoms with Gasteiger partial charge >= 0.3 is 0 Å². The Labute approximate surface area is 337 Å². The lowest BCUT2D eigenvalue weighted by Gasteiger charge is -2.30. The minimum atomic E-state index is -1.93. The van der Waals surface area contributed by atoms with Crippen molar-refractivity contribution in [2.75, 3.05) is 9.80 Å². The summed E-state index contributed by atoms with van der Waals surface area (Å²) < 4.78 is 29.7. The molecule has 0 saturated carbocycles. The van der Waals surface area contributed by atoms with E-state index in [1.54, 1.807) is 24.3 Å². The maximum Gasteiger partial charge on any atom is 0.265 e. The number of hydrogen-bond acceptors (Lipinski definition) is 4. The van der Waals surface area contributed by atoms with Gasteiger partial charge in [0, 0.05) is 23.0 Å². The van der Waals surface area contributed by atoms with Crippen molar-refractivity contribution in [3.63, 3.8) is 0 Å². The fourth-order valence-corrected chi connectivity index (χ4v) is 8.11. The second kappa shape index (κ2) is 16.2. The molecule has 2 aliphatic rings. The highest BCUT2D eigenvalue weighted by Crippen LogP contribution is 2.51. The smallest absolute Gasteiger partial charge is 0.265 e. The van der Waals surface area contributed by atoms with Crippen molar-refractivity contribution in [2.24, 2.45) is 0 Å². The predicted octanol–water partition coefficient (Wildman–Crippen LogP) is 9.68. The molecule has 6 nitrogen and oxygen atoms in total. The van der Waals surface area contributed by atoms with Gasteiger partial charge in [-0.05, 0) is 48.2 Å². The van der Waals surface area contributed by atoms with Crippen LogP contribution in [0.15, 0.2) is 171 Å². The Morgan fingerprint density at radius 2 is 0.879 bits per heavy atom. The molecule has 0 aromatic heterocycles. The van der Waals surface area contributed by atoms with E-state index in [1.807, 2.05) is 123 Å². The Morgan fingerprint density at radius 1 is 0.534 bits per heavy atom. The van der Waals surface area contributed by atoms with E-state index in [9.17, 15) is 28.6 Å². The Bertz CT molecular complexity index is 2300. The zero-order valence-electron chi connectivity index (χ0n) is 32.4. The van der Waals surface area contributed by atoms with Crippen molar-refractivity contribution < 1.29 is 28.6 Å². The fraction of sp³-hybridized carbons (Fsp3) is 0.160. The van der Waals surface area contributed by atoms with E-state index in [2.05, 4.69) is 13.2 Å². The first-order valence-corrected chi connectivity index (χ1v) is 19.1. The van der Waals surface area contributed by atoms with Crippen molar-refractivity contribution in [3.8, 4) is 0 Å². The number of fused-ring (bicyclic) bond motifs is 2. The maximum atomic E-state index is 14.9. The Hall–Kier alpha value is -6.48. The molecule has 292 valence electrons. The highest BCUT2D eigenvalue weighted by atomic mass is 19.1. The molecule has 0 bridgehead atoms. The van der Waals surface area contributed by atoms with E-state index in [1.165, 1.54) is 34.1 Å². The molecule has 0 fully saturated rings. The third kappa shape index (κ3) is 6.95. The van der Waals surface area contributed by atoms with E-state index in [4.69, 9.17) is 0 Å². The maximum absolute atomic E-state index is 14.9. The molecule has 6 aromatic rings. The lowest BCUT2D eigenvalue weighted by atomic mass is 9.78. The topological polar surface area (TPSA) is 81.1 Å². The number of rotatable bonds is 10. The normalized spacial score (nSPS) is 19.1. The number of nitrogens with zero attached hydrogens (tertiary/aromatic N) is 2. The minimum Gasteiger partial charge on any atom is -0.374 e. The zero-order valence-corrected chi connectivity index (χ0v) is 32.4. The first kappa shape index (κ1) is 39.7. The number of aliphatic hydroxyl groups is 2. The number of carbonyl (C=O) groups excluding carboxylic acids is 2. The molecular formula is C50H44F2N2O4. The van der Waals surface area contributed by atoms with Gasteiger partial charge in [0.25, 0.3) is 11.8 Å². The molecule has 4 atom stereocenters. The second-order valence-corrected chi connectivity index (χ2v) is 14.8. The highest BCUT2D eigenvalue weighted by molar-refractivity contribution is 6.08. The monoisotopic (exact) mass is 774 g/mol. The highest BCUT2D eigenvalue weighted by Gasteiger charge is 2.56. The molecule has 0 saturated heterocycles. The van der Waals surface area contributed by atoms with Gasteiger partial charge in [-0.1, -0.05) is 157 Å². The standard InChI is InChI=1S/2C25H22FNO2/c2*1-3-20(19-8-5-4-6-9-19)25(29)21-10-7-11-22(26)23(21)27(24(25)28)16-18-14-12-17(2)13-15-18/h2*3-15,20,29H,1,16H2,2H3/t2*20-,25-/m00/s1. The summed E-state index contributed by atoms with van der Waals surface area (Å²) in [6, 6.07) is 42.7. The largest absolute Gasteiger partial charge is 0.374 e. The summed E-state index contributed by atoms with van der Waals surface area (Å²) in [4.78, 5) is 29.8. The average Bonchev–Trinajstić information content (AvgIpc) is 3.58. The summed E-state index contributed by atoms with van der Waals surface area (Å²) in [5, 5.41) is 23.4. The number of para-hydroxylation sites is 2. The van der Waals surface area contributed by atoms with E-state index in [0.29, 0.717) is 0 Å². The lowest BCUT2D eigenvalue weighted by molar-refractivity contribution is -0.138. The van der Waals surface area contributed by atoms with Crippen LogP contribution >= 0.6 is 0 Å². The zero-order chi connectivity index (χ0) is 41.2. The number of anilines is 2. The molecule has 0 unspecified atom stereocenters. The Balaban J connectivity index is 0.000000177. The first-order valence-electron chi connectivity index (χ1n) is 19.1. The molecule has 8 heteroatoms. The van der Waals surface area contributed by atoms with Crippen LogP contribution in [-0.4, -0.2) is 22.0 Å². The number of benzene rings is 6. The van der Waals surface area contributed by atoms with Gasteiger partial charge in [-0.15, -0.1) is 13.2 Å². The van der Waals surface area contributed by atoms with Crippen LogP contribution in [0.2, 0.25) is 0 Å². The van der Waals surface area contributed by atoms with Crippen molar-refractivity contribution >= 4 is 23.2 Å². The molecule has 0 aliphatic carbocycles. The molecule has 6 aromatic carbocycles. The second-order valence-electron chi connectivity index (χ2n) is 14.8. The van der Waals surface area contributed by atoms with E-state index in [0.717, 1.165) is 33.4 Å². The van der Waals surface area contributed by atoms with E-state index >= 15 is 0 Å². The van der Waals surface area contributed by atoms with Crippen LogP contribution in [0.25, 0.3) is 0 Å². The van der Waals surface area contributed by atoms with Crippen LogP contribution in [0.3, 0.4) is 0 Å². The van der Waals surface area contributed by atoms with Crippen molar-refractivity contribution in [2.45, 2.75) is 50.0 Å². The van der Waals surface area contributed by atoms with E-state index in [-0.39, 0.29) is 35.6 Å². The summed E-state index contributed by atoms with van der Waals surface area (Å²) in [5.41, 5.74) is 2.33. The van der Waals surface area contributed by atoms with Gasteiger partial charge < -0.3 is 20.0 Å². The molecule has 2 N–H and O–H groups in total. The van der Waals surface area contributed by atoms with Crippen LogP contribution in [0.5, 0.6) is 0 Å². The molecule has 8 rings (SSSR count). The Morgan fingerprint density at radius 3 is 1.21 bits per heavy atom. The SMILES string of the molecule is C=C[C@@H](c1ccccc1)[C@@]1(O)C(=O)N(Cc2ccc(C)cc2)c2c(F)cccc21.C=C[C@@H](c1ccccc1)[C@@]1(O)C(=O)N(Cc2ccc(C)cc2)c2c(F)cccc21. The van der Waals surface area contributed by atoms with Crippen LogP contribution in [0, 0.1) is 25.5 Å². The lowest BCUT2D eigenvalue weighted by Crippen LogP contribution is -2.44. The van der Waals surface area contributed by atoms with Crippen LogP contribution in [-0.2, 0) is 33.9 Å². The number of halogens is 2. The number of aryl methyl sites for hydroxylation is 2. The van der Waals surface area contributed by atoms with Crippen LogP contribution < -0.4 is 9.80 Å². The summed E-state index contributed by atoms with van der Waals surface area (Å²) >= 11 is 0. The van der Waals surface area contributed by atoms with Gasteiger partial charge in [-0.2, -0.15) is 0 Å². The van der Waals surface area contributed by atoms with Crippen LogP contribution in [0.4, 0.5) is 20.2 Å². The number of amides is 2. The minimum absolute atomic E-state index is 0.128. The van der Waals surface area contributed by atoms with Gasteiger partial charge in [0.2, 0.25) is 0 Å². The first-order chi connectivity index (χ1) is 27.9. The van der Waals surface area contributed by atoms with Crippen molar-refractivity contribution in [1.82, 2.24) is 0 Å². The number of carbonyl (C=O) groups is 2. The Kier molecular flexibility index (Phi) is 11.1. The van der Waals surface area contributed by atoms with E-state index < -0.39 is 46.5 Å². The summed E-state index contributed by atoms with van der Waals surface area (Å²) in [5.74, 6) is -3.58. The average molecular weight is 775 g/mol. The molecule has 58 heavy (non-hydrogen) atoms. The molecule has 2 amide bonds. The number of hydrogen-bond donors (Lipinski definition) is 2. The summed E-state index contributed by atoms with van der Waals surface area (Å²) in [6.07, 6.45) is 3.11. The summed E-state index contributed by atoms with van der Waals surface area (Å²) in [7, 11) is 0. The van der Waals surface area contributed by atoms with Crippen molar-refractivity contribution in [3.05, 3.63) is 227 Å². The van der Waals surface area contributed by atoms with Gasteiger partial charge in [-0.25, -0.2) is 8.78 Å². The molecule has 2 aliphatic heterocycles. The van der Waals surface area contributed by atoms with Crippen molar-refractivity contribution in [1.29, 1.82) is 0 Å². The molecule has 2 heterocycles. The third-order valence-electron chi connectivity index (χ3n) is 11.1. The predicted molar refractivity (Wildman–Crippen MR) is 224 cm³/mol. The fourth-order valence-electron chi connectivity index (χ4n) is 8.11. The molecule has 0 spiro atoms. The summed E-state index contributed by atoms with van der Waals surface area (Å²) in [6.45, 7) is 12.0. The molecular weight excluding hydrogens is 731 g/mol. The quantitative estimate of drug-likeness (QED) is 0.136. The van der Waals surface area contributed by atoms with Gasteiger partial charge in [0.05, 0.1) is 24.5 Å².